The topological polar surface area (TPSA) is 58.7 Å². The number of rotatable bonds is 3. The van der Waals surface area contributed by atoms with Gasteiger partial charge in [-0.15, -0.1) is 0 Å². The van der Waals surface area contributed by atoms with Crippen LogP contribution in [0, 0.1) is 12.4 Å². The van der Waals surface area contributed by atoms with Gasteiger partial charge in [-0.2, -0.15) is 0 Å². The lowest BCUT2D eigenvalue weighted by Crippen LogP contribution is -1.95. The minimum atomic E-state index is -0.533. The van der Waals surface area contributed by atoms with Gasteiger partial charge in [0, 0.05) is 23.3 Å². The summed E-state index contributed by atoms with van der Waals surface area (Å²) in [5, 5.41) is 13.6. The number of halogens is 2. The highest BCUT2D eigenvalue weighted by Crippen LogP contribution is 2.39. The van der Waals surface area contributed by atoms with E-state index in [0.29, 0.717) is 22.3 Å². The van der Waals surface area contributed by atoms with Gasteiger partial charge in [-0.1, -0.05) is 11.6 Å². The van der Waals surface area contributed by atoms with E-state index in [-0.39, 0.29) is 22.2 Å². The average molecular weight is 344 g/mol. The molecule has 0 saturated heterocycles. The molecule has 0 atom stereocenters. The molecule has 2 aromatic carbocycles. The highest BCUT2D eigenvalue weighted by Gasteiger charge is 2.13. The number of aromatic hydroxyl groups is 1. The largest absolute Gasteiger partial charge is 0.504 e. The van der Waals surface area contributed by atoms with E-state index in [1.807, 2.05) is 0 Å². The predicted molar refractivity (Wildman–Crippen MR) is 90.9 cm³/mol. The van der Waals surface area contributed by atoms with E-state index < -0.39 is 5.82 Å². The second kappa shape index (κ2) is 6.22. The molecule has 0 radical (unpaired) electrons. The van der Waals surface area contributed by atoms with Crippen molar-refractivity contribution in [1.29, 1.82) is 0 Å². The number of ether oxygens (including phenoxy) is 1. The molecule has 0 unspecified atom stereocenters. The Morgan fingerprint density at radius 2 is 2.12 bits per heavy atom. The third kappa shape index (κ3) is 2.77. The molecule has 0 spiro atoms. The summed E-state index contributed by atoms with van der Waals surface area (Å²) in [7, 11) is 1.44. The quantitative estimate of drug-likeness (QED) is 0.654. The molecule has 0 fully saturated rings. The summed E-state index contributed by atoms with van der Waals surface area (Å²) >= 11 is 5.79. The number of nitrogens with zero attached hydrogens (tertiary/aromatic N) is 2. The van der Waals surface area contributed by atoms with Crippen LogP contribution in [0.3, 0.4) is 0 Å². The number of nitrogens with one attached hydrogen (secondary N) is 1. The van der Waals surface area contributed by atoms with E-state index in [1.165, 1.54) is 37.6 Å². The van der Waals surface area contributed by atoms with Gasteiger partial charge < -0.3 is 15.2 Å². The Morgan fingerprint density at radius 3 is 2.79 bits per heavy atom. The third-order valence-electron chi connectivity index (χ3n) is 3.46. The van der Waals surface area contributed by atoms with Crippen LogP contribution in [0.2, 0.25) is 5.02 Å². The van der Waals surface area contributed by atoms with Crippen molar-refractivity contribution in [3.05, 3.63) is 58.8 Å². The van der Waals surface area contributed by atoms with Crippen LogP contribution in [0.4, 0.5) is 21.5 Å². The number of phenols is 1. The number of pyridine rings is 1. The van der Waals surface area contributed by atoms with Crippen molar-refractivity contribution >= 4 is 39.6 Å². The van der Waals surface area contributed by atoms with Gasteiger partial charge in [0.25, 0.3) is 0 Å². The van der Waals surface area contributed by atoms with Crippen molar-refractivity contribution in [1.82, 2.24) is 4.98 Å². The molecule has 0 bridgehead atoms. The summed E-state index contributed by atoms with van der Waals surface area (Å²) < 4.78 is 18.4. The van der Waals surface area contributed by atoms with E-state index in [1.54, 1.807) is 6.07 Å². The molecule has 0 amide bonds. The Labute approximate surface area is 142 Å². The van der Waals surface area contributed by atoms with Crippen molar-refractivity contribution in [3.8, 4) is 11.5 Å². The smallest absolute Gasteiger partial charge is 0.228 e. The van der Waals surface area contributed by atoms with Crippen LogP contribution >= 0.6 is 11.6 Å². The number of fused-ring (bicyclic) bond motifs is 1. The first-order chi connectivity index (χ1) is 11.5. The number of aromatic nitrogens is 1. The van der Waals surface area contributed by atoms with E-state index >= 15 is 0 Å². The van der Waals surface area contributed by atoms with Gasteiger partial charge in [0.05, 0.1) is 29.9 Å². The van der Waals surface area contributed by atoms with Gasteiger partial charge in [-0.05, 0) is 24.3 Å². The molecule has 7 heteroatoms. The predicted octanol–water partition coefficient (Wildman–Crippen LogP) is 5.04. The molecule has 5 nitrogen and oxygen atoms in total. The molecule has 1 aromatic heterocycles. The van der Waals surface area contributed by atoms with Crippen LogP contribution in [0.5, 0.6) is 11.5 Å². The lowest BCUT2D eigenvalue weighted by atomic mass is 10.1. The zero-order chi connectivity index (χ0) is 17.3. The lowest BCUT2D eigenvalue weighted by Gasteiger charge is -2.13. The minimum Gasteiger partial charge on any atom is -0.504 e. The van der Waals surface area contributed by atoms with E-state index in [0.717, 1.165) is 0 Å². The fourth-order valence-corrected chi connectivity index (χ4v) is 2.48. The maximum absolute atomic E-state index is 13.3. The summed E-state index contributed by atoms with van der Waals surface area (Å²) in [5.41, 5.74) is 1.74. The maximum Gasteiger partial charge on any atom is 0.228 e. The normalized spacial score (nSPS) is 10.4. The average Bonchev–Trinajstić information content (AvgIpc) is 2.58. The summed E-state index contributed by atoms with van der Waals surface area (Å²) in [5.74, 6) is -0.329. The summed E-state index contributed by atoms with van der Waals surface area (Å²) in [4.78, 5) is 7.64. The van der Waals surface area contributed by atoms with Gasteiger partial charge in [-0.25, -0.2) is 9.24 Å². The van der Waals surface area contributed by atoms with Crippen molar-refractivity contribution < 1.29 is 14.2 Å². The number of benzene rings is 2. The third-order valence-corrected chi connectivity index (χ3v) is 3.75. The molecule has 0 saturated carbocycles. The second-order valence-corrected chi connectivity index (χ2v) is 5.33. The highest BCUT2D eigenvalue weighted by atomic mass is 35.5. The first-order valence-corrected chi connectivity index (χ1v) is 7.20. The van der Waals surface area contributed by atoms with E-state index in [9.17, 15) is 9.50 Å². The molecular weight excluding hydrogens is 333 g/mol. The molecule has 2 N–H and O–H groups in total. The Hall–Kier alpha value is -3.04. The number of hydrogen-bond donors (Lipinski definition) is 2. The van der Waals surface area contributed by atoms with Crippen molar-refractivity contribution in [3.63, 3.8) is 0 Å². The Bertz CT molecular complexity index is 986. The van der Waals surface area contributed by atoms with E-state index in [2.05, 4.69) is 15.1 Å². The summed E-state index contributed by atoms with van der Waals surface area (Å²) in [6.07, 6.45) is 1.42. The van der Waals surface area contributed by atoms with Gasteiger partial charge >= 0.3 is 0 Å². The van der Waals surface area contributed by atoms with Crippen molar-refractivity contribution in [2.45, 2.75) is 0 Å². The first kappa shape index (κ1) is 15.8. The number of methoxy groups -OCH3 is 1. The zero-order valence-corrected chi connectivity index (χ0v) is 13.2. The first-order valence-electron chi connectivity index (χ1n) is 6.82. The van der Waals surface area contributed by atoms with Crippen LogP contribution in [-0.2, 0) is 0 Å². The second-order valence-electron chi connectivity index (χ2n) is 4.93. The monoisotopic (exact) mass is 343 g/mol. The summed E-state index contributed by atoms with van der Waals surface area (Å²) in [6.45, 7) is 7.31. The molecule has 24 heavy (non-hydrogen) atoms. The maximum atomic E-state index is 13.3. The molecule has 0 aliphatic heterocycles. The Kier molecular flexibility index (Phi) is 4.11. The van der Waals surface area contributed by atoms with E-state index in [4.69, 9.17) is 22.9 Å². The minimum absolute atomic E-state index is 0.0350. The van der Waals surface area contributed by atoms with Gasteiger partial charge in [-0.3, -0.25) is 4.98 Å². The standard InChI is InChI=1S/C17H11ClFN3O2/c1-20-14-8-21-13-7-16(24-2)15(23)6-10(13)17(14)22-9-3-4-12(19)11(18)5-9/h3-8,23H,2H3,(H,21,22). The highest BCUT2D eigenvalue weighted by molar-refractivity contribution is 6.31. The van der Waals surface area contributed by atoms with Crippen molar-refractivity contribution in [2.24, 2.45) is 0 Å². The van der Waals surface area contributed by atoms with Crippen LogP contribution in [-0.4, -0.2) is 17.2 Å². The SMILES string of the molecule is [C-]#[N+]c1cnc2cc(OC)c(O)cc2c1Nc1ccc(F)c(Cl)c1. The molecule has 0 aliphatic carbocycles. The van der Waals surface area contributed by atoms with Gasteiger partial charge in [0.1, 0.15) is 5.82 Å². The van der Waals surface area contributed by atoms with Crippen LogP contribution in [0.15, 0.2) is 36.5 Å². The van der Waals surface area contributed by atoms with Crippen LogP contribution < -0.4 is 10.1 Å². The van der Waals surface area contributed by atoms with Crippen molar-refractivity contribution in [2.75, 3.05) is 12.4 Å². The number of hydrogen-bond acceptors (Lipinski definition) is 4. The number of phenolic OH excluding ortho intramolecular Hbond substituents is 1. The van der Waals surface area contributed by atoms with Crippen LogP contribution in [0.25, 0.3) is 15.7 Å². The molecule has 3 aromatic rings. The summed E-state index contributed by atoms with van der Waals surface area (Å²) in [6, 6.07) is 7.18. The number of anilines is 2. The fourth-order valence-electron chi connectivity index (χ4n) is 2.30. The molecule has 0 aliphatic rings. The fraction of sp³-hybridized carbons (Fsp3) is 0.0588. The van der Waals surface area contributed by atoms with Crippen LogP contribution in [0.1, 0.15) is 0 Å². The van der Waals surface area contributed by atoms with Gasteiger partial charge in [0.15, 0.2) is 11.5 Å². The zero-order valence-electron chi connectivity index (χ0n) is 12.5. The lowest BCUT2D eigenvalue weighted by molar-refractivity contribution is 0.374. The van der Waals surface area contributed by atoms with Gasteiger partial charge in [0.2, 0.25) is 5.69 Å². The Morgan fingerprint density at radius 1 is 1.33 bits per heavy atom. The molecule has 3 rings (SSSR count). The molecular formula is C17H11ClFN3O2. The molecule has 1 heterocycles. The molecule has 120 valence electrons. The Balaban J connectivity index is 2.19.